The van der Waals surface area contributed by atoms with Gasteiger partial charge >= 0.3 is 0 Å². The lowest BCUT2D eigenvalue weighted by Gasteiger charge is -2.09. The average molecular weight is 337 g/mol. The van der Waals surface area contributed by atoms with Crippen molar-refractivity contribution >= 4 is 16.8 Å². The molecule has 0 unspecified atom stereocenters. The predicted octanol–water partition coefficient (Wildman–Crippen LogP) is 1.94. The van der Waals surface area contributed by atoms with Crippen molar-refractivity contribution in [2.24, 2.45) is 10.2 Å². The molecule has 0 saturated heterocycles. The Morgan fingerprint density at radius 3 is 2.84 bits per heavy atom. The molecule has 0 fully saturated rings. The van der Waals surface area contributed by atoms with Gasteiger partial charge in [-0.2, -0.15) is 10.2 Å². The van der Waals surface area contributed by atoms with Crippen molar-refractivity contribution in [1.82, 2.24) is 15.3 Å². The van der Waals surface area contributed by atoms with Crippen LogP contribution in [0.3, 0.4) is 0 Å². The Morgan fingerprint density at radius 2 is 2.08 bits per heavy atom. The van der Waals surface area contributed by atoms with Crippen LogP contribution in [-0.2, 0) is 11.2 Å². The van der Waals surface area contributed by atoms with E-state index in [0.29, 0.717) is 42.5 Å². The van der Waals surface area contributed by atoms with Gasteiger partial charge in [0.2, 0.25) is 5.91 Å². The summed E-state index contributed by atoms with van der Waals surface area (Å²) in [6, 6.07) is 7.13. The van der Waals surface area contributed by atoms with Crippen LogP contribution < -0.4 is 10.9 Å². The number of para-hydroxylation sites is 1. The number of carbonyl (C=O) groups is 1. The molecule has 1 aliphatic heterocycles. The van der Waals surface area contributed by atoms with Gasteiger partial charge < -0.3 is 10.3 Å². The standard InChI is InChI=1S/C18H19N5O2/c1-2-3-10-18(22-23-18)11-12-19-16(24)9-8-15-20-14-7-5-4-6-13(14)17(25)21-15/h1,4-7H,3,8-12H2,(H,19,24)(H,20,21,25). The highest BCUT2D eigenvalue weighted by molar-refractivity contribution is 5.78. The second-order valence-electron chi connectivity index (χ2n) is 6.02. The van der Waals surface area contributed by atoms with Crippen LogP contribution >= 0.6 is 0 Å². The molecule has 0 spiro atoms. The van der Waals surface area contributed by atoms with Crippen LogP contribution in [0.2, 0.25) is 0 Å². The Labute approximate surface area is 145 Å². The third-order valence-electron chi connectivity index (χ3n) is 4.15. The van der Waals surface area contributed by atoms with Crippen molar-refractivity contribution in [3.8, 4) is 12.3 Å². The molecule has 2 aromatic rings. The van der Waals surface area contributed by atoms with Crippen molar-refractivity contribution < 1.29 is 4.79 Å². The molecule has 25 heavy (non-hydrogen) atoms. The molecule has 1 aliphatic rings. The minimum Gasteiger partial charge on any atom is -0.356 e. The monoisotopic (exact) mass is 337 g/mol. The zero-order valence-electron chi connectivity index (χ0n) is 13.8. The van der Waals surface area contributed by atoms with Gasteiger partial charge in [-0.3, -0.25) is 9.59 Å². The number of fused-ring (bicyclic) bond motifs is 1. The number of aromatic nitrogens is 2. The number of aromatic amines is 1. The Balaban J connectivity index is 1.46. The fourth-order valence-electron chi connectivity index (χ4n) is 2.64. The van der Waals surface area contributed by atoms with E-state index in [-0.39, 0.29) is 23.6 Å². The fraction of sp³-hybridized carbons (Fsp3) is 0.389. The van der Waals surface area contributed by atoms with Gasteiger partial charge in [0, 0.05) is 38.6 Å². The molecule has 1 aromatic heterocycles. The molecule has 0 radical (unpaired) electrons. The first kappa shape index (κ1) is 16.8. The lowest BCUT2D eigenvalue weighted by molar-refractivity contribution is -0.121. The molecule has 0 saturated carbocycles. The number of benzene rings is 1. The normalized spacial score (nSPS) is 14.2. The highest BCUT2D eigenvalue weighted by Crippen LogP contribution is 2.35. The fourth-order valence-corrected chi connectivity index (χ4v) is 2.64. The number of nitrogens with one attached hydrogen (secondary N) is 2. The van der Waals surface area contributed by atoms with Crippen molar-refractivity contribution in [3.05, 3.63) is 40.4 Å². The smallest absolute Gasteiger partial charge is 0.258 e. The molecular weight excluding hydrogens is 318 g/mol. The van der Waals surface area contributed by atoms with Crippen LogP contribution in [0.1, 0.15) is 31.5 Å². The molecule has 0 bridgehead atoms. The largest absolute Gasteiger partial charge is 0.356 e. The zero-order chi connectivity index (χ0) is 17.7. The van der Waals surface area contributed by atoms with Crippen LogP contribution in [0, 0.1) is 12.3 Å². The van der Waals surface area contributed by atoms with E-state index in [9.17, 15) is 9.59 Å². The highest BCUT2D eigenvalue weighted by atomic mass is 16.1. The highest BCUT2D eigenvalue weighted by Gasteiger charge is 2.38. The maximum absolute atomic E-state index is 12.0. The third kappa shape index (κ3) is 4.29. The molecule has 7 heteroatoms. The van der Waals surface area contributed by atoms with Gasteiger partial charge in [-0.25, -0.2) is 4.98 Å². The average Bonchev–Trinajstić information content (AvgIpc) is 3.38. The van der Waals surface area contributed by atoms with E-state index in [1.807, 2.05) is 6.07 Å². The summed E-state index contributed by atoms with van der Waals surface area (Å²) in [5.41, 5.74) is 0.0626. The number of rotatable bonds is 8. The summed E-state index contributed by atoms with van der Waals surface area (Å²) in [5, 5.41) is 11.5. The molecule has 3 rings (SSSR count). The van der Waals surface area contributed by atoms with Crippen molar-refractivity contribution in [2.45, 2.75) is 37.8 Å². The van der Waals surface area contributed by atoms with Crippen LogP contribution in [0.25, 0.3) is 10.9 Å². The van der Waals surface area contributed by atoms with E-state index in [4.69, 9.17) is 6.42 Å². The number of hydrogen-bond acceptors (Lipinski definition) is 5. The Bertz CT molecular complexity index is 904. The van der Waals surface area contributed by atoms with Gasteiger partial charge in [0.1, 0.15) is 5.82 Å². The number of hydrogen-bond donors (Lipinski definition) is 2. The van der Waals surface area contributed by atoms with Gasteiger partial charge in [0.25, 0.3) is 5.56 Å². The SMILES string of the molecule is C#CCCC1(CCNC(=O)CCc2nc3ccccc3c(=O)[nH]2)N=N1. The number of aryl methyl sites for hydroxylation is 1. The number of amides is 1. The summed E-state index contributed by atoms with van der Waals surface area (Å²) >= 11 is 0. The Kier molecular flexibility index (Phi) is 4.89. The maximum Gasteiger partial charge on any atom is 0.258 e. The molecular formula is C18H19N5O2. The summed E-state index contributed by atoms with van der Waals surface area (Å²) in [6.07, 6.45) is 7.89. The molecule has 0 atom stereocenters. The number of H-pyrrole nitrogens is 1. The van der Waals surface area contributed by atoms with Crippen LogP contribution in [0.4, 0.5) is 0 Å². The summed E-state index contributed by atoms with van der Waals surface area (Å²) in [5.74, 6) is 2.99. The molecule has 128 valence electrons. The molecule has 2 N–H and O–H groups in total. The lowest BCUT2D eigenvalue weighted by Crippen LogP contribution is -2.28. The van der Waals surface area contributed by atoms with Gasteiger partial charge in [0.05, 0.1) is 10.9 Å². The maximum atomic E-state index is 12.0. The van der Waals surface area contributed by atoms with E-state index in [0.717, 1.165) is 6.42 Å². The molecule has 7 nitrogen and oxygen atoms in total. The Morgan fingerprint density at radius 1 is 1.28 bits per heavy atom. The van der Waals surface area contributed by atoms with E-state index in [2.05, 4.69) is 31.4 Å². The first-order valence-electron chi connectivity index (χ1n) is 8.24. The van der Waals surface area contributed by atoms with Crippen molar-refractivity contribution in [2.75, 3.05) is 6.54 Å². The van der Waals surface area contributed by atoms with Gasteiger partial charge in [-0.05, 0) is 12.1 Å². The minimum absolute atomic E-state index is 0.0939. The first-order valence-corrected chi connectivity index (χ1v) is 8.24. The number of nitrogens with zero attached hydrogens (tertiary/aromatic N) is 3. The first-order chi connectivity index (χ1) is 12.1. The van der Waals surface area contributed by atoms with Crippen molar-refractivity contribution in [3.63, 3.8) is 0 Å². The summed E-state index contributed by atoms with van der Waals surface area (Å²) < 4.78 is 0. The van der Waals surface area contributed by atoms with Crippen molar-refractivity contribution in [1.29, 1.82) is 0 Å². The van der Waals surface area contributed by atoms with Crippen LogP contribution in [0.5, 0.6) is 0 Å². The number of terminal acetylenes is 1. The van der Waals surface area contributed by atoms with E-state index < -0.39 is 0 Å². The predicted molar refractivity (Wildman–Crippen MR) is 94.0 cm³/mol. The van der Waals surface area contributed by atoms with E-state index in [1.165, 1.54) is 0 Å². The third-order valence-corrected chi connectivity index (χ3v) is 4.15. The van der Waals surface area contributed by atoms with Gasteiger partial charge in [-0.1, -0.05) is 12.1 Å². The molecule has 1 aromatic carbocycles. The molecule has 1 amide bonds. The zero-order valence-corrected chi connectivity index (χ0v) is 13.8. The topological polar surface area (TPSA) is 99.6 Å². The van der Waals surface area contributed by atoms with E-state index >= 15 is 0 Å². The number of carbonyl (C=O) groups excluding carboxylic acids is 1. The second kappa shape index (κ2) is 7.26. The van der Waals surface area contributed by atoms with E-state index in [1.54, 1.807) is 18.2 Å². The second-order valence-corrected chi connectivity index (χ2v) is 6.02. The molecule has 2 heterocycles. The Hall–Kier alpha value is -3.01. The molecule has 0 aliphatic carbocycles. The lowest BCUT2D eigenvalue weighted by atomic mass is 10.0. The summed E-state index contributed by atoms with van der Waals surface area (Å²) in [6.45, 7) is 0.498. The summed E-state index contributed by atoms with van der Waals surface area (Å²) in [4.78, 5) is 31.1. The van der Waals surface area contributed by atoms with Crippen LogP contribution in [-0.4, -0.2) is 28.1 Å². The quantitative estimate of drug-likeness (QED) is 0.720. The summed E-state index contributed by atoms with van der Waals surface area (Å²) in [7, 11) is 0. The van der Waals surface area contributed by atoms with Gasteiger partial charge in [0.15, 0.2) is 5.66 Å². The van der Waals surface area contributed by atoms with Gasteiger partial charge in [-0.15, -0.1) is 12.3 Å². The van der Waals surface area contributed by atoms with Crippen LogP contribution in [0.15, 0.2) is 39.3 Å². The minimum atomic E-state index is -0.384.